The molecule has 0 amide bonds. The normalized spacial score (nSPS) is 13.5. The number of carbonyl (C=O) groups excluding carboxylic acids is 1. The van der Waals surface area contributed by atoms with Gasteiger partial charge in [0.05, 0.1) is 6.61 Å². The van der Waals surface area contributed by atoms with Gasteiger partial charge in [0.15, 0.2) is 5.41 Å². The molecule has 0 aliphatic rings. The van der Waals surface area contributed by atoms with E-state index in [2.05, 4.69) is 0 Å². The molecule has 116 valence electrons. The number of carboxylic acids is 1. The van der Waals surface area contributed by atoms with Crippen molar-refractivity contribution >= 4 is 35.3 Å². The van der Waals surface area contributed by atoms with Crippen molar-refractivity contribution in [1.29, 1.82) is 0 Å². The molecule has 4 nitrogen and oxygen atoms in total. The van der Waals surface area contributed by atoms with Gasteiger partial charge in [-0.25, -0.2) is 0 Å². The second-order valence-corrected chi connectivity index (χ2v) is 6.22. The summed E-state index contributed by atoms with van der Waals surface area (Å²) in [6, 6.07) is 6.31. The van der Waals surface area contributed by atoms with Crippen LogP contribution in [0.3, 0.4) is 0 Å². The van der Waals surface area contributed by atoms with Crippen LogP contribution in [0.4, 0.5) is 0 Å². The molecule has 0 aliphatic heterocycles. The average molecular weight is 331 g/mol. The molecule has 0 saturated carbocycles. The summed E-state index contributed by atoms with van der Waals surface area (Å²) >= 11 is 7.43. The summed E-state index contributed by atoms with van der Waals surface area (Å²) in [5.41, 5.74) is -1.28. The molecular weight excluding hydrogens is 312 g/mol. The Kier molecular flexibility index (Phi) is 7.05. The lowest BCUT2D eigenvalue weighted by Gasteiger charge is -2.27. The number of halogens is 1. The first-order chi connectivity index (χ1) is 9.98. The Morgan fingerprint density at radius 1 is 1.29 bits per heavy atom. The predicted molar refractivity (Wildman–Crippen MR) is 85.0 cm³/mol. The van der Waals surface area contributed by atoms with E-state index in [-0.39, 0.29) is 13.0 Å². The third-order valence-corrected chi connectivity index (χ3v) is 4.30. The van der Waals surface area contributed by atoms with Gasteiger partial charge in [0.2, 0.25) is 0 Å². The van der Waals surface area contributed by atoms with Crippen LogP contribution in [0.5, 0.6) is 0 Å². The minimum atomic E-state index is -1.68. The van der Waals surface area contributed by atoms with Crippen molar-refractivity contribution < 1.29 is 19.4 Å². The van der Waals surface area contributed by atoms with E-state index >= 15 is 0 Å². The van der Waals surface area contributed by atoms with Crippen molar-refractivity contribution in [1.82, 2.24) is 0 Å². The van der Waals surface area contributed by atoms with Gasteiger partial charge in [-0.2, -0.15) is 11.8 Å². The zero-order valence-electron chi connectivity index (χ0n) is 12.1. The highest BCUT2D eigenvalue weighted by atomic mass is 35.5. The molecule has 0 aliphatic carbocycles. The first-order valence-electron chi connectivity index (χ1n) is 6.73. The maximum atomic E-state index is 12.3. The Morgan fingerprint density at radius 3 is 2.38 bits per heavy atom. The first-order valence-corrected chi connectivity index (χ1v) is 8.26. The average Bonchev–Trinajstić information content (AvgIpc) is 2.45. The number of ether oxygens (including phenoxy) is 1. The van der Waals surface area contributed by atoms with E-state index in [9.17, 15) is 14.7 Å². The van der Waals surface area contributed by atoms with Crippen LogP contribution in [0, 0.1) is 0 Å². The number of carbonyl (C=O) groups is 2. The van der Waals surface area contributed by atoms with Gasteiger partial charge >= 0.3 is 11.9 Å². The van der Waals surface area contributed by atoms with Crippen LogP contribution in [0.25, 0.3) is 0 Å². The van der Waals surface area contributed by atoms with Crippen LogP contribution in [-0.4, -0.2) is 35.2 Å². The fourth-order valence-electron chi connectivity index (χ4n) is 2.04. The van der Waals surface area contributed by atoms with Gasteiger partial charge < -0.3 is 9.84 Å². The Hall–Kier alpha value is -1.20. The van der Waals surface area contributed by atoms with E-state index in [4.69, 9.17) is 16.3 Å². The van der Waals surface area contributed by atoms with Crippen LogP contribution in [0.1, 0.15) is 25.8 Å². The van der Waals surface area contributed by atoms with Gasteiger partial charge in [0.25, 0.3) is 0 Å². The summed E-state index contributed by atoms with van der Waals surface area (Å²) in [7, 11) is 0. The standard InChI is InChI=1S/C15H19ClO4S/c1-3-20-14(19)15(13(17)18,9-10-21-4-2)11-5-7-12(16)8-6-11/h5-8H,3-4,9-10H2,1-2H3,(H,17,18). The summed E-state index contributed by atoms with van der Waals surface area (Å²) in [6.07, 6.45) is 0.182. The zero-order valence-corrected chi connectivity index (χ0v) is 13.7. The minimum absolute atomic E-state index is 0.141. The fourth-order valence-corrected chi connectivity index (χ4v) is 2.91. The second kappa shape index (κ2) is 8.29. The number of carboxylic acid groups (broad SMARTS) is 1. The molecule has 6 heteroatoms. The highest BCUT2D eigenvalue weighted by molar-refractivity contribution is 7.99. The van der Waals surface area contributed by atoms with Crippen LogP contribution < -0.4 is 0 Å². The molecule has 1 rings (SSSR count). The molecule has 1 aromatic carbocycles. The van der Waals surface area contributed by atoms with Gasteiger partial charge in [0.1, 0.15) is 0 Å². The maximum absolute atomic E-state index is 12.3. The van der Waals surface area contributed by atoms with Gasteiger partial charge in [-0.3, -0.25) is 9.59 Å². The topological polar surface area (TPSA) is 63.6 Å². The largest absolute Gasteiger partial charge is 0.480 e. The number of esters is 1. The van der Waals surface area contributed by atoms with Crippen molar-refractivity contribution in [3.05, 3.63) is 34.9 Å². The summed E-state index contributed by atoms with van der Waals surface area (Å²) < 4.78 is 5.02. The van der Waals surface area contributed by atoms with Crippen LogP contribution in [0.2, 0.25) is 5.02 Å². The number of benzene rings is 1. The van der Waals surface area contributed by atoms with Crippen molar-refractivity contribution in [3.8, 4) is 0 Å². The lowest BCUT2D eigenvalue weighted by atomic mass is 9.78. The number of rotatable bonds is 8. The second-order valence-electron chi connectivity index (χ2n) is 4.38. The summed E-state index contributed by atoms with van der Waals surface area (Å²) in [5, 5.41) is 10.2. The molecular formula is C15H19ClO4S. The molecule has 1 N–H and O–H groups in total. The van der Waals surface area contributed by atoms with E-state index in [1.165, 1.54) is 0 Å². The quantitative estimate of drug-likeness (QED) is 0.450. The first kappa shape index (κ1) is 17.9. The molecule has 1 atom stereocenters. The predicted octanol–water partition coefficient (Wildman–Crippen LogP) is 3.37. The van der Waals surface area contributed by atoms with Gasteiger partial charge in [-0.15, -0.1) is 0 Å². The summed E-state index contributed by atoms with van der Waals surface area (Å²) in [4.78, 5) is 24.2. The highest BCUT2D eigenvalue weighted by Crippen LogP contribution is 2.32. The SMILES string of the molecule is CCOC(=O)C(CCSCC)(C(=O)O)c1ccc(Cl)cc1. The lowest BCUT2D eigenvalue weighted by Crippen LogP contribution is -2.45. The van der Waals surface area contributed by atoms with Gasteiger partial charge in [0, 0.05) is 5.02 Å². The minimum Gasteiger partial charge on any atom is -0.480 e. The molecule has 0 radical (unpaired) electrons. The van der Waals surface area contributed by atoms with Crippen LogP contribution >= 0.6 is 23.4 Å². The molecule has 0 spiro atoms. The molecule has 0 aromatic heterocycles. The van der Waals surface area contributed by atoms with Crippen molar-refractivity contribution in [2.75, 3.05) is 18.1 Å². The van der Waals surface area contributed by atoms with Crippen LogP contribution in [0.15, 0.2) is 24.3 Å². The van der Waals surface area contributed by atoms with Crippen molar-refractivity contribution in [2.45, 2.75) is 25.7 Å². The molecule has 0 heterocycles. The number of aliphatic carboxylic acids is 1. The molecule has 21 heavy (non-hydrogen) atoms. The monoisotopic (exact) mass is 330 g/mol. The Labute approximate surface area is 133 Å². The van der Waals surface area contributed by atoms with Crippen LogP contribution in [-0.2, 0) is 19.7 Å². The van der Waals surface area contributed by atoms with Crippen molar-refractivity contribution in [3.63, 3.8) is 0 Å². The molecule has 1 unspecified atom stereocenters. The number of hydrogen-bond acceptors (Lipinski definition) is 4. The molecule has 0 saturated heterocycles. The van der Waals surface area contributed by atoms with E-state index in [1.807, 2.05) is 6.92 Å². The Bertz CT molecular complexity index is 489. The fraction of sp³-hybridized carbons (Fsp3) is 0.467. The van der Waals surface area contributed by atoms with Crippen molar-refractivity contribution in [2.24, 2.45) is 0 Å². The third-order valence-electron chi connectivity index (χ3n) is 3.15. The number of hydrogen-bond donors (Lipinski definition) is 1. The van der Waals surface area contributed by atoms with E-state index in [0.29, 0.717) is 16.3 Å². The molecule has 1 aromatic rings. The summed E-state index contributed by atoms with van der Waals surface area (Å²) in [6.45, 7) is 3.79. The van der Waals surface area contributed by atoms with E-state index in [1.54, 1.807) is 43.0 Å². The third kappa shape index (κ3) is 4.14. The smallest absolute Gasteiger partial charge is 0.328 e. The van der Waals surface area contributed by atoms with E-state index in [0.717, 1.165) is 5.75 Å². The lowest BCUT2D eigenvalue weighted by molar-refractivity contribution is -0.161. The Morgan fingerprint density at radius 2 is 1.90 bits per heavy atom. The van der Waals surface area contributed by atoms with Gasteiger partial charge in [-0.05, 0) is 42.5 Å². The zero-order chi connectivity index (χ0) is 15.9. The van der Waals surface area contributed by atoms with Gasteiger partial charge in [-0.1, -0.05) is 30.7 Å². The highest BCUT2D eigenvalue weighted by Gasteiger charge is 2.48. The Balaban J connectivity index is 3.25. The summed E-state index contributed by atoms with van der Waals surface area (Å²) in [5.74, 6) is -0.500. The number of thioether (sulfide) groups is 1. The molecule has 0 fully saturated rings. The molecule has 0 bridgehead atoms. The van der Waals surface area contributed by atoms with E-state index < -0.39 is 17.4 Å². The maximum Gasteiger partial charge on any atom is 0.328 e.